The van der Waals surface area contributed by atoms with Crippen LogP contribution in [0.15, 0.2) is 66.9 Å². The first-order chi connectivity index (χ1) is 13.2. The summed E-state index contributed by atoms with van der Waals surface area (Å²) < 4.78 is 0. The fraction of sp³-hybridized carbons (Fsp3) is 0.190. The predicted molar refractivity (Wildman–Crippen MR) is 108 cm³/mol. The Balaban J connectivity index is 1.39. The molecule has 0 aliphatic heterocycles. The van der Waals surface area contributed by atoms with E-state index in [0.717, 1.165) is 16.9 Å². The van der Waals surface area contributed by atoms with E-state index in [2.05, 4.69) is 27.8 Å². The van der Waals surface area contributed by atoms with Gasteiger partial charge in [0.15, 0.2) is 5.13 Å². The molecule has 138 valence electrons. The Morgan fingerprint density at radius 1 is 0.889 bits per heavy atom. The van der Waals surface area contributed by atoms with Gasteiger partial charge in [-0.05, 0) is 11.1 Å². The van der Waals surface area contributed by atoms with E-state index in [4.69, 9.17) is 0 Å². The van der Waals surface area contributed by atoms with E-state index in [1.807, 2.05) is 48.5 Å². The van der Waals surface area contributed by atoms with Crippen molar-refractivity contribution in [3.8, 4) is 0 Å². The fourth-order valence-electron chi connectivity index (χ4n) is 2.59. The maximum absolute atomic E-state index is 12.0. The molecule has 3 rings (SSSR count). The zero-order valence-electron chi connectivity index (χ0n) is 14.9. The number of carbonyl (C=O) groups excluding carboxylic acids is 2. The molecule has 0 atom stereocenters. The van der Waals surface area contributed by atoms with Crippen molar-refractivity contribution in [2.24, 2.45) is 0 Å². The molecule has 1 heterocycles. The van der Waals surface area contributed by atoms with Crippen LogP contribution in [0.4, 0.5) is 5.13 Å². The second kappa shape index (κ2) is 9.64. The second-order valence-electron chi connectivity index (χ2n) is 6.10. The molecular formula is C21H21N3O2S. The number of thiazole rings is 1. The highest BCUT2D eigenvalue weighted by Gasteiger charge is 2.08. The lowest BCUT2D eigenvalue weighted by Crippen LogP contribution is -2.28. The Labute approximate surface area is 162 Å². The minimum absolute atomic E-state index is 0.0894. The zero-order chi connectivity index (χ0) is 18.9. The van der Waals surface area contributed by atoms with Crippen molar-refractivity contribution in [2.45, 2.75) is 19.3 Å². The quantitative estimate of drug-likeness (QED) is 0.630. The lowest BCUT2D eigenvalue weighted by Gasteiger charge is -2.05. The normalized spacial score (nSPS) is 10.4. The van der Waals surface area contributed by atoms with E-state index >= 15 is 0 Å². The number of benzene rings is 2. The first-order valence-electron chi connectivity index (χ1n) is 8.78. The van der Waals surface area contributed by atoms with Gasteiger partial charge in [-0.2, -0.15) is 0 Å². The summed E-state index contributed by atoms with van der Waals surface area (Å²) in [5.41, 5.74) is 2.16. The predicted octanol–water partition coefficient (Wildman–Crippen LogP) is 3.42. The molecule has 0 bridgehead atoms. The van der Waals surface area contributed by atoms with Crippen molar-refractivity contribution < 1.29 is 9.59 Å². The lowest BCUT2D eigenvalue weighted by atomic mass is 10.1. The Morgan fingerprint density at radius 2 is 1.56 bits per heavy atom. The topological polar surface area (TPSA) is 71.1 Å². The summed E-state index contributed by atoms with van der Waals surface area (Å²) in [4.78, 5) is 29.2. The zero-order valence-corrected chi connectivity index (χ0v) is 15.7. The maximum Gasteiger partial charge on any atom is 0.227 e. The van der Waals surface area contributed by atoms with E-state index in [9.17, 15) is 9.59 Å². The largest absolute Gasteiger partial charge is 0.355 e. The van der Waals surface area contributed by atoms with Gasteiger partial charge in [0.05, 0.1) is 6.42 Å². The Kier molecular flexibility index (Phi) is 6.71. The number of aromatic nitrogens is 1. The summed E-state index contributed by atoms with van der Waals surface area (Å²) in [6, 6.07) is 19.6. The summed E-state index contributed by atoms with van der Waals surface area (Å²) >= 11 is 1.47. The number of rotatable bonds is 8. The molecule has 0 spiro atoms. The number of carbonyl (C=O) groups is 2. The standard InChI is InChI=1S/C21H21N3O2S/c25-19(11-12-22-20(26)14-17-9-5-2-6-10-17)24-21-23-15-18(27-21)13-16-7-3-1-4-8-16/h1-10,15H,11-14H2,(H,22,26)(H,23,24,25). The Bertz CT molecular complexity index is 879. The van der Waals surface area contributed by atoms with Crippen molar-refractivity contribution in [1.29, 1.82) is 0 Å². The van der Waals surface area contributed by atoms with Gasteiger partial charge in [-0.25, -0.2) is 4.98 Å². The molecule has 0 radical (unpaired) electrons. The molecular weight excluding hydrogens is 358 g/mol. The van der Waals surface area contributed by atoms with E-state index in [0.29, 0.717) is 18.1 Å². The third kappa shape index (κ3) is 6.34. The number of amides is 2. The monoisotopic (exact) mass is 379 g/mol. The molecule has 5 nitrogen and oxygen atoms in total. The van der Waals surface area contributed by atoms with Crippen LogP contribution in [-0.2, 0) is 22.4 Å². The highest BCUT2D eigenvalue weighted by Crippen LogP contribution is 2.21. The van der Waals surface area contributed by atoms with Gasteiger partial charge in [0.1, 0.15) is 0 Å². The van der Waals surface area contributed by atoms with Crippen LogP contribution in [0.2, 0.25) is 0 Å². The molecule has 27 heavy (non-hydrogen) atoms. The van der Waals surface area contributed by atoms with Gasteiger partial charge in [0.2, 0.25) is 11.8 Å². The van der Waals surface area contributed by atoms with Crippen molar-refractivity contribution in [1.82, 2.24) is 10.3 Å². The van der Waals surface area contributed by atoms with Crippen LogP contribution in [0.3, 0.4) is 0 Å². The van der Waals surface area contributed by atoms with E-state index in [-0.39, 0.29) is 18.2 Å². The third-order valence-corrected chi connectivity index (χ3v) is 4.82. The molecule has 0 fully saturated rings. The van der Waals surface area contributed by atoms with Gasteiger partial charge in [-0.15, -0.1) is 11.3 Å². The van der Waals surface area contributed by atoms with Crippen LogP contribution < -0.4 is 10.6 Å². The molecule has 1 aromatic heterocycles. The summed E-state index contributed by atoms with van der Waals surface area (Å²) in [5.74, 6) is -0.246. The molecule has 0 aliphatic carbocycles. The highest BCUT2D eigenvalue weighted by atomic mass is 32.1. The first-order valence-corrected chi connectivity index (χ1v) is 9.60. The smallest absolute Gasteiger partial charge is 0.227 e. The van der Waals surface area contributed by atoms with Gasteiger partial charge in [0, 0.05) is 30.5 Å². The molecule has 0 unspecified atom stereocenters. The van der Waals surface area contributed by atoms with Crippen LogP contribution in [0.5, 0.6) is 0 Å². The average molecular weight is 379 g/mol. The second-order valence-corrected chi connectivity index (χ2v) is 7.22. The van der Waals surface area contributed by atoms with E-state index in [1.165, 1.54) is 16.9 Å². The molecule has 0 saturated carbocycles. The Hall–Kier alpha value is -2.99. The summed E-state index contributed by atoms with van der Waals surface area (Å²) in [6.07, 6.45) is 3.12. The molecule has 6 heteroatoms. The number of nitrogens with one attached hydrogen (secondary N) is 2. The van der Waals surface area contributed by atoms with Gasteiger partial charge in [0.25, 0.3) is 0 Å². The number of nitrogens with zero attached hydrogens (tertiary/aromatic N) is 1. The summed E-state index contributed by atoms with van der Waals surface area (Å²) in [6.45, 7) is 0.305. The molecule has 0 aliphatic rings. The van der Waals surface area contributed by atoms with Gasteiger partial charge < -0.3 is 10.6 Å². The van der Waals surface area contributed by atoms with Gasteiger partial charge in [-0.1, -0.05) is 60.7 Å². The molecule has 2 N–H and O–H groups in total. The van der Waals surface area contributed by atoms with Crippen LogP contribution in [-0.4, -0.2) is 23.3 Å². The maximum atomic E-state index is 12.0. The highest BCUT2D eigenvalue weighted by molar-refractivity contribution is 7.15. The van der Waals surface area contributed by atoms with Crippen LogP contribution in [0.1, 0.15) is 22.4 Å². The number of hydrogen-bond acceptors (Lipinski definition) is 4. The fourth-order valence-corrected chi connectivity index (χ4v) is 3.45. The van der Waals surface area contributed by atoms with Crippen LogP contribution >= 0.6 is 11.3 Å². The SMILES string of the molecule is O=C(Cc1ccccc1)NCCC(=O)Nc1ncc(Cc2ccccc2)s1. The van der Waals surface area contributed by atoms with Gasteiger partial charge >= 0.3 is 0 Å². The minimum Gasteiger partial charge on any atom is -0.355 e. The molecule has 2 amide bonds. The lowest BCUT2D eigenvalue weighted by molar-refractivity contribution is -0.120. The summed E-state index contributed by atoms with van der Waals surface area (Å²) in [7, 11) is 0. The van der Waals surface area contributed by atoms with E-state index in [1.54, 1.807) is 6.20 Å². The molecule has 0 saturated heterocycles. The van der Waals surface area contributed by atoms with Crippen molar-refractivity contribution >= 4 is 28.3 Å². The molecule has 2 aromatic carbocycles. The first kappa shape index (κ1) is 18.8. The Morgan fingerprint density at radius 3 is 2.26 bits per heavy atom. The average Bonchev–Trinajstić information content (AvgIpc) is 3.10. The van der Waals surface area contributed by atoms with Crippen molar-refractivity contribution in [2.75, 3.05) is 11.9 Å². The number of anilines is 1. The van der Waals surface area contributed by atoms with Crippen LogP contribution in [0.25, 0.3) is 0 Å². The van der Waals surface area contributed by atoms with Gasteiger partial charge in [-0.3, -0.25) is 9.59 Å². The summed E-state index contributed by atoms with van der Waals surface area (Å²) in [5, 5.41) is 6.14. The van der Waals surface area contributed by atoms with E-state index < -0.39 is 0 Å². The van der Waals surface area contributed by atoms with Crippen LogP contribution in [0, 0.1) is 0 Å². The molecule has 3 aromatic rings. The third-order valence-electron chi connectivity index (χ3n) is 3.90. The minimum atomic E-state index is -0.157. The van der Waals surface area contributed by atoms with Crippen molar-refractivity contribution in [3.63, 3.8) is 0 Å². The van der Waals surface area contributed by atoms with Crippen molar-refractivity contribution in [3.05, 3.63) is 82.9 Å². The number of hydrogen-bond donors (Lipinski definition) is 2.